The number of piperidine rings is 1. The zero-order valence-electron chi connectivity index (χ0n) is 23.9. The van der Waals surface area contributed by atoms with Gasteiger partial charge in [-0.1, -0.05) is 71.7 Å². The van der Waals surface area contributed by atoms with Crippen LogP contribution in [0.3, 0.4) is 0 Å². The molecule has 42 heavy (non-hydrogen) atoms. The number of Topliss-reactive ketones (excluding diaryl/α,β-unsaturated/α-hetero) is 1. The summed E-state index contributed by atoms with van der Waals surface area (Å²) in [6.07, 6.45) is 1.21. The Balaban J connectivity index is 1.69. The molecule has 4 atom stereocenters. The number of benzene rings is 3. The number of hydrogen-bond acceptors (Lipinski definition) is 6. The second kappa shape index (κ2) is 12.7. The van der Waals surface area contributed by atoms with E-state index in [1.54, 1.807) is 26.4 Å². The van der Waals surface area contributed by atoms with Crippen LogP contribution in [0.4, 0.5) is 0 Å². The van der Waals surface area contributed by atoms with Gasteiger partial charge in [-0.2, -0.15) is 0 Å². The minimum atomic E-state index is -1.03. The molecule has 3 aromatic carbocycles. The second-order valence-corrected chi connectivity index (χ2v) is 12.0. The summed E-state index contributed by atoms with van der Waals surface area (Å²) in [5.41, 5.74) is 6.43. The van der Waals surface area contributed by atoms with Crippen LogP contribution < -0.4 is 15.8 Å². The first-order valence-electron chi connectivity index (χ1n) is 14.2. The van der Waals surface area contributed by atoms with E-state index in [9.17, 15) is 9.59 Å². The van der Waals surface area contributed by atoms with E-state index in [-0.39, 0.29) is 18.3 Å². The lowest BCUT2D eigenvalue weighted by Crippen LogP contribution is -2.68. The minimum Gasteiger partial charge on any atom is -0.496 e. The zero-order chi connectivity index (χ0) is 29.9. The molecule has 7 nitrogen and oxygen atoms in total. The van der Waals surface area contributed by atoms with E-state index in [2.05, 4.69) is 10.2 Å². The number of hydrogen-bond donors (Lipinski definition) is 2. The average molecular weight is 611 g/mol. The lowest BCUT2D eigenvalue weighted by molar-refractivity contribution is -0.127. The van der Waals surface area contributed by atoms with Crippen molar-refractivity contribution in [1.82, 2.24) is 10.2 Å². The number of primary amides is 1. The van der Waals surface area contributed by atoms with Crippen LogP contribution in [0.2, 0.25) is 10.0 Å². The van der Waals surface area contributed by atoms with E-state index in [0.29, 0.717) is 47.4 Å². The van der Waals surface area contributed by atoms with Crippen molar-refractivity contribution in [3.63, 3.8) is 0 Å². The van der Waals surface area contributed by atoms with Crippen molar-refractivity contribution in [2.24, 2.45) is 11.7 Å². The van der Waals surface area contributed by atoms with Gasteiger partial charge in [0.2, 0.25) is 5.91 Å². The Hall–Kier alpha value is -2.94. The van der Waals surface area contributed by atoms with Gasteiger partial charge in [0.05, 0.1) is 34.7 Å². The van der Waals surface area contributed by atoms with Crippen molar-refractivity contribution >= 4 is 34.9 Å². The van der Waals surface area contributed by atoms with Gasteiger partial charge >= 0.3 is 0 Å². The van der Waals surface area contributed by atoms with Crippen LogP contribution in [0, 0.1) is 5.92 Å². The third-order valence-electron chi connectivity index (χ3n) is 9.26. The quantitative estimate of drug-likeness (QED) is 0.311. The Labute approximate surface area is 257 Å². The van der Waals surface area contributed by atoms with Crippen molar-refractivity contribution in [3.8, 4) is 5.75 Å². The van der Waals surface area contributed by atoms with Crippen LogP contribution in [0.25, 0.3) is 0 Å². The Bertz CT molecular complexity index is 1430. The molecule has 222 valence electrons. The molecular formula is C33H37Cl2N3O4. The molecule has 0 radical (unpaired) electrons. The van der Waals surface area contributed by atoms with Crippen molar-refractivity contribution in [2.45, 2.75) is 29.7 Å². The molecule has 3 aromatic rings. The second-order valence-electron chi connectivity index (χ2n) is 11.2. The number of para-hydroxylation sites is 1. The van der Waals surface area contributed by atoms with E-state index in [0.717, 1.165) is 24.1 Å². The number of ketones is 1. The monoisotopic (exact) mass is 609 g/mol. The van der Waals surface area contributed by atoms with Gasteiger partial charge in [0.1, 0.15) is 11.3 Å². The number of nitrogens with two attached hydrogens (primary N) is 1. The summed E-state index contributed by atoms with van der Waals surface area (Å²) in [4.78, 5) is 30.7. The highest BCUT2D eigenvalue weighted by Crippen LogP contribution is 2.49. The largest absolute Gasteiger partial charge is 0.496 e. The van der Waals surface area contributed by atoms with Gasteiger partial charge in [0.15, 0.2) is 5.78 Å². The molecule has 0 aromatic heterocycles. The molecule has 4 unspecified atom stereocenters. The summed E-state index contributed by atoms with van der Waals surface area (Å²) < 4.78 is 11.5. The highest BCUT2D eigenvalue weighted by atomic mass is 35.5. The van der Waals surface area contributed by atoms with E-state index < -0.39 is 22.8 Å². The SMILES string of the molecule is COCC(C(=O)c1ccccc1OC)(C1CCNC1)N1CCC(C(N)=O)(c2ccccc2)C(c2ccc(Cl)c(Cl)c2)C1. The summed E-state index contributed by atoms with van der Waals surface area (Å²) in [5.74, 6) is -0.420. The number of likely N-dealkylation sites (tertiary alicyclic amines) is 1. The normalized spacial score (nSPS) is 24.2. The van der Waals surface area contributed by atoms with Gasteiger partial charge in [0.25, 0.3) is 0 Å². The molecule has 2 saturated heterocycles. The smallest absolute Gasteiger partial charge is 0.228 e. The summed E-state index contributed by atoms with van der Waals surface area (Å²) in [7, 11) is 3.20. The fourth-order valence-corrected chi connectivity index (χ4v) is 7.47. The standard InChI is InChI=1S/C33H37Cl2N3O4/c1-41-21-33(24-14-16-37-19-24,30(39)25-10-6-7-11-29(25)42-2)38-17-15-32(31(36)40,23-8-4-3-5-9-23)26(20-38)22-12-13-27(34)28(35)18-22/h3-13,18,24,26,37H,14-17,19-21H2,1-2H3,(H2,36,40). The summed E-state index contributed by atoms with van der Waals surface area (Å²) in [6, 6.07) is 22.5. The van der Waals surface area contributed by atoms with E-state index in [4.69, 9.17) is 38.4 Å². The third-order valence-corrected chi connectivity index (χ3v) is 10.00. The fraction of sp³-hybridized carbons (Fsp3) is 0.394. The van der Waals surface area contributed by atoms with Gasteiger partial charge < -0.3 is 20.5 Å². The first-order valence-corrected chi connectivity index (χ1v) is 15.0. The van der Waals surface area contributed by atoms with Gasteiger partial charge in [0, 0.05) is 38.6 Å². The van der Waals surface area contributed by atoms with Gasteiger partial charge in [-0.3, -0.25) is 14.5 Å². The highest BCUT2D eigenvalue weighted by molar-refractivity contribution is 6.42. The predicted molar refractivity (Wildman–Crippen MR) is 166 cm³/mol. The molecule has 5 rings (SSSR count). The number of carbonyl (C=O) groups is 2. The number of rotatable bonds is 10. The molecule has 2 aliphatic heterocycles. The topological polar surface area (TPSA) is 93.9 Å². The molecular weight excluding hydrogens is 573 g/mol. The lowest BCUT2D eigenvalue weighted by atomic mass is 9.61. The maximum Gasteiger partial charge on any atom is 0.228 e. The lowest BCUT2D eigenvalue weighted by Gasteiger charge is -2.54. The van der Waals surface area contributed by atoms with Crippen molar-refractivity contribution < 1.29 is 19.1 Å². The van der Waals surface area contributed by atoms with E-state index in [1.807, 2.05) is 60.7 Å². The van der Waals surface area contributed by atoms with Crippen LogP contribution in [-0.4, -0.2) is 69.1 Å². The van der Waals surface area contributed by atoms with Crippen molar-refractivity contribution in [1.29, 1.82) is 0 Å². The molecule has 9 heteroatoms. The zero-order valence-corrected chi connectivity index (χ0v) is 25.5. The molecule has 0 saturated carbocycles. The molecule has 3 N–H and O–H groups in total. The Kier molecular flexibility index (Phi) is 9.26. The number of methoxy groups -OCH3 is 2. The number of nitrogens with one attached hydrogen (secondary N) is 1. The Morgan fingerprint density at radius 3 is 2.43 bits per heavy atom. The predicted octanol–water partition coefficient (Wildman–Crippen LogP) is 5.09. The summed E-state index contributed by atoms with van der Waals surface area (Å²) in [6.45, 7) is 2.47. The molecule has 1 amide bonds. The molecule has 2 aliphatic rings. The molecule has 0 spiro atoms. The number of amides is 1. The van der Waals surface area contributed by atoms with Crippen LogP contribution in [0.5, 0.6) is 5.75 Å². The average Bonchev–Trinajstić information content (AvgIpc) is 3.56. The van der Waals surface area contributed by atoms with Crippen molar-refractivity contribution in [2.75, 3.05) is 47.0 Å². The minimum absolute atomic E-state index is 0.0397. The first kappa shape index (κ1) is 30.5. The summed E-state index contributed by atoms with van der Waals surface area (Å²) in [5, 5.41) is 4.27. The number of nitrogens with zero attached hydrogens (tertiary/aromatic N) is 1. The van der Waals surface area contributed by atoms with Crippen LogP contribution in [0.15, 0.2) is 72.8 Å². The first-order chi connectivity index (χ1) is 20.3. The maximum atomic E-state index is 14.9. The Morgan fingerprint density at radius 1 is 1.05 bits per heavy atom. The highest BCUT2D eigenvalue weighted by Gasteiger charge is 2.57. The molecule has 0 bridgehead atoms. The van der Waals surface area contributed by atoms with Crippen LogP contribution >= 0.6 is 23.2 Å². The van der Waals surface area contributed by atoms with Gasteiger partial charge in [-0.05, 0) is 54.8 Å². The Morgan fingerprint density at radius 2 is 1.79 bits per heavy atom. The molecule has 2 heterocycles. The van der Waals surface area contributed by atoms with Crippen LogP contribution in [0.1, 0.15) is 40.2 Å². The number of halogens is 2. The fourth-order valence-electron chi connectivity index (χ4n) is 7.16. The third kappa shape index (κ3) is 5.22. The number of ether oxygens (including phenoxy) is 2. The molecule has 0 aliphatic carbocycles. The van der Waals surface area contributed by atoms with E-state index >= 15 is 0 Å². The maximum absolute atomic E-state index is 14.9. The van der Waals surface area contributed by atoms with Crippen molar-refractivity contribution in [3.05, 3.63) is 99.5 Å². The van der Waals surface area contributed by atoms with Gasteiger partial charge in [-0.25, -0.2) is 0 Å². The van der Waals surface area contributed by atoms with Crippen LogP contribution in [-0.2, 0) is 14.9 Å². The van der Waals surface area contributed by atoms with E-state index in [1.165, 1.54) is 0 Å². The summed E-state index contributed by atoms with van der Waals surface area (Å²) >= 11 is 12.9. The number of carbonyl (C=O) groups excluding carboxylic acids is 2. The van der Waals surface area contributed by atoms with Gasteiger partial charge in [-0.15, -0.1) is 0 Å². The molecule has 2 fully saturated rings.